The number of hydrogen-bond acceptors (Lipinski definition) is 3. The summed E-state index contributed by atoms with van der Waals surface area (Å²) >= 11 is 0. The summed E-state index contributed by atoms with van der Waals surface area (Å²) in [5.41, 5.74) is 2.80. The molecule has 2 N–H and O–H groups in total. The van der Waals surface area contributed by atoms with Gasteiger partial charge in [0.1, 0.15) is 0 Å². The normalized spacial score (nSPS) is 11.4. The van der Waals surface area contributed by atoms with E-state index in [-0.39, 0.29) is 22.4 Å². The molecule has 0 atom stereocenters. The summed E-state index contributed by atoms with van der Waals surface area (Å²) in [5.74, 6) is -0.370. The molecule has 0 aliphatic carbocycles. The minimum absolute atomic E-state index is 0.0604. The van der Waals surface area contributed by atoms with Gasteiger partial charge in [0, 0.05) is 22.9 Å². The lowest BCUT2D eigenvalue weighted by atomic mass is 10.0. The van der Waals surface area contributed by atoms with E-state index in [4.69, 9.17) is 0 Å². The Balaban J connectivity index is 1.89. The molecule has 0 aliphatic heterocycles. The molecule has 3 aromatic rings. The van der Waals surface area contributed by atoms with Crippen molar-refractivity contribution in [3.63, 3.8) is 0 Å². The van der Waals surface area contributed by atoms with Crippen molar-refractivity contribution in [2.45, 2.75) is 24.8 Å². The molecule has 144 valence electrons. The van der Waals surface area contributed by atoms with E-state index < -0.39 is 10.0 Å². The van der Waals surface area contributed by atoms with Gasteiger partial charge in [-0.3, -0.25) is 4.79 Å². The summed E-state index contributed by atoms with van der Waals surface area (Å²) in [6.45, 7) is 3.49. The van der Waals surface area contributed by atoms with Crippen LogP contribution in [-0.4, -0.2) is 20.4 Å². The van der Waals surface area contributed by atoms with Gasteiger partial charge in [-0.25, -0.2) is 13.1 Å². The van der Waals surface area contributed by atoms with Crippen LogP contribution in [0.25, 0.3) is 11.1 Å². The van der Waals surface area contributed by atoms with Gasteiger partial charge in [0.15, 0.2) is 0 Å². The molecule has 3 aromatic carbocycles. The number of benzene rings is 3. The number of hydrogen-bond donors (Lipinski definition) is 2. The number of sulfonamides is 1. The number of carbonyl (C=O) groups is 1. The first-order valence-electron chi connectivity index (χ1n) is 8.95. The lowest BCUT2D eigenvalue weighted by Crippen LogP contribution is -2.30. The van der Waals surface area contributed by atoms with Crippen LogP contribution >= 0.6 is 0 Å². The van der Waals surface area contributed by atoms with E-state index >= 15 is 0 Å². The van der Waals surface area contributed by atoms with Gasteiger partial charge in [0.2, 0.25) is 10.0 Å². The molecule has 6 heteroatoms. The second-order valence-electron chi connectivity index (χ2n) is 6.67. The monoisotopic (exact) mass is 394 g/mol. The van der Waals surface area contributed by atoms with Gasteiger partial charge in [-0.2, -0.15) is 0 Å². The van der Waals surface area contributed by atoms with E-state index in [9.17, 15) is 13.2 Å². The predicted octanol–water partition coefficient (Wildman–Crippen LogP) is 4.29. The van der Waals surface area contributed by atoms with E-state index in [2.05, 4.69) is 10.0 Å². The third-order valence-corrected chi connectivity index (χ3v) is 5.71. The molecule has 0 heterocycles. The number of anilines is 1. The lowest BCUT2D eigenvalue weighted by molar-refractivity contribution is 0.102. The number of carbonyl (C=O) groups excluding carboxylic acids is 1. The fraction of sp³-hybridized carbons (Fsp3) is 0.136. The zero-order chi connectivity index (χ0) is 20.1. The van der Waals surface area contributed by atoms with Crippen molar-refractivity contribution in [3.8, 4) is 11.1 Å². The molecule has 28 heavy (non-hydrogen) atoms. The molecule has 0 bridgehead atoms. The standard InChI is InChI=1S/C22H22N2O3S/c1-16(2)24-28(26,27)19-12-8-11-18(15-19)22(25)23-21-14-7-6-13-20(21)17-9-4-3-5-10-17/h3-16,24H,1-2H3,(H,23,25). The van der Waals surface area contributed by atoms with Gasteiger partial charge >= 0.3 is 0 Å². The third-order valence-electron chi connectivity index (χ3n) is 4.06. The summed E-state index contributed by atoms with van der Waals surface area (Å²) in [6.07, 6.45) is 0. The van der Waals surface area contributed by atoms with Crippen LogP contribution < -0.4 is 10.0 Å². The van der Waals surface area contributed by atoms with Crippen LogP contribution in [0.15, 0.2) is 83.8 Å². The van der Waals surface area contributed by atoms with Gasteiger partial charge in [-0.1, -0.05) is 54.6 Å². The molecule has 0 aliphatic rings. The Hall–Kier alpha value is -2.96. The Morgan fingerprint density at radius 1 is 0.857 bits per heavy atom. The van der Waals surface area contributed by atoms with Gasteiger partial charge in [-0.15, -0.1) is 0 Å². The number of rotatable bonds is 6. The van der Waals surface area contributed by atoms with E-state index in [1.807, 2.05) is 54.6 Å². The Bertz CT molecular complexity index is 1080. The molecule has 0 saturated carbocycles. The molecule has 0 aromatic heterocycles. The second kappa shape index (κ2) is 8.37. The Morgan fingerprint density at radius 2 is 1.54 bits per heavy atom. The van der Waals surface area contributed by atoms with Crippen molar-refractivity contribution >= 4 is 21.6 Å². The van der Waals surface area contributed by atoms with Gasteiger partial charge in [0.25, 0.3) is 5.91 Å². The maximum Gasteiger partial charge on any atom is 0.255 e. The maximum absolute atomic E-state index is 12.8. The van der Waals surface area contributed by atoms with Gasteiger partial charge in [0.05, 0.1) is 4.90 Å². The molecule has 0 unspecified atom stereocenters. The minimum atomic E-state index is -3.67. The van der Waals surface area contributed by atoms with Crippen LogP contribution in [0.1, 0.15) is 24.2 Å². The number of nitrogens with one attached hydrogen (secondary N) is 2. The first-order chi connectivity index (χ1) is 13.4. The Morgan fingerprint density at radius 3 is 2.25 bits per heavy atom. The highest BCUT2D eigenvalue weighted by Gasteiger charge is 2.18. The lowest BCUT2D eigenvalue weighted by Gasteiger charge is -2.13. The first-order valence-corrected chi connectivity index (χ1v) is 10.4. The van der Waals surface area contributed by atoms with Crippen molar-refractivity contribution < 1.29 is 13.2 Å². The van der Waals surface area contributed by atoms with Crippen LogP contribution in [-0.2, 0) is 10.0 Å². The van der Waals surface area contributed by atoms with Crippen molar-refractivity contribution in [2.24, 2.45) is 0 Å². The molecular formula is C22H22N2O3S. The molecule has 0 spiro atoms. The largest absolute Gasteiger partial charge is 0.321 e. The predicted molar refractivity (Wildman–Crippen MR) is 112 cm³/mol. The van der Waals surface area contributed by atoms with E-state index in [0.717, 1.165) is 11.1 Å². The van der Waals surface area contributed by atoms with Crippen molar-refractivity contribution in [1.82, 2.24) is 4.72 Å². The molecular weight excluding hydrogens is 372 g/mol. The zero-order valence-corrected chi connectivity index (χ0v) is 16.5. The second-order valence-corrected chi connectivity index (χ2v) is 8.38. The summed E-state index contributed by atoms with van der Waals surface area (Å²) in [5, 5.41) is 2.89. The summed E-state index contributed by atoms with van der Waals surface area (Å²) in [4.78, 5) is 12.8. The fourth-order valence-electron chi connectivity index (χ4n) is 2.84. The van der Waals surface area contributed by atoms with Crippen LogP contribution in [0.3, 0.4) is 0 Å². The van der Waals surface area contributed by atoms with E-state index in [1.165, 1.54) is 12.1 Å². The first kappa shape index (κ1) is 19.8. The topological polar surface area (TPSA) is 75.3 Å². The number of para-hydroxylation sites is 1. The van der Waals surface area contributed by atoms with Crippen LogP contribution in [0, 0.1) is 0 Å². The van der Waals surface area contributed by atoms with Gasteiger partial charge < -0.3 is 5.32 Å². The number of amides is 1. The third kappa shape index (κ3) is 4.65. The van der Waals surface area contributed by atoms with Crippen molar-refractivity contribution in [2.75, 3.05) is 5.32 Å². The van der Waals surface area contributed by atoms with Crippen LogP contribution in [0.4, 0.5) is 5.69 Å². The fourth-order valence-corrected chi connectivity index (χ4v) is 4.14. The average Bonchev–Trinajstić information content (AvgIpc) is 2.68. The van der Waals surface area contributed by atoms with Crippen molar-refractivity contribution in [1.29, 1.82) is 0 Å². The van der Waals surface area contributed by atoms with Crippen molar-refractivity contribution in [3.05, 3.63) is 84.4 Å². The minimum Gasteiger partial charge on any atom is -0.321 e. The summed E-state index contributed by atoms with van der Waals surface area (Å²) in [7, 11) is -3.67. The van der Waals surface area contributed by atoms with E-state index in [0.29, 0.717) is 5.69 Å². The van der Waals surface area contributed by atoms with Crippen LogP contribution in [0.2, 0.25) is 0 Å². The Kier molecular flexibility index (Phi) is 5.92. The maximum atomic E-state index is 12.8. The zero-order valence-electron chi connectivity index (χ0n) is 15.7. The average molecular weight is 394 g/mol. The molecule has 5 nitrogen and oxygen atoms in total. The smallest absolute Gasteiger partial charge is 0.255 e. The van der Waals surface area contributed by atoms with Crippen LogP contribution in [0.5, 0.6) is 0 Å². The SMILES string of the molecule is CC(C)NS(=O)(=O)c1cccc(C(=O)Nc2ccccc2-c2ccccc2)c1. The van der Waals surface area contributed by atoms with Gasteiger partial charge in [-0.05, 0) is 43.7 Å². The summed E-state index contributed by atoms with van der Waals surface area (Å²) in [6, 6.07) is 23.0. The highest BCUT2D eigenvalue weighted by molar-refractivity contribution is 7.89. The highest BCUT2D eigenvalue weighted by Crippen LogP contribution is 2.28. The Labute approximate surface area is 165 Å². The molecule has 3 rings (SSSR count). The molecule has 0 fully saturated rings. The highest BCUT2D eigenvalue weighted by atomic mass is 32.2. The summed E-state index contributed by atoms with van der Waals surface area (Å²) < 4.78 is 27.3. The molecule has 0 radical (unpaired) electrons. The molecule has 1 amide bonds. The molecule has 0 saturated heterocycles. The van der Waals surface area contributed by atoms with E-state index in [1.54, 1.807) is 26.0 Å². The quantitative estimate of drug-likeness (QED) is 0.655.